The lowest BCUT2D eigenvalue weighted by molar-refractivity contribution is 0.0762. The van der Waals surface area contributed by atoms with E-state index in [9.17, 15) is 4.57 Å². The Bertz CT molecular complexity index is 528. The summed E-state index contributed by atoms with van der Waals surface area (Å²) in [6.45, 7) is 3.81. The zero-order chi connectivity index (χ0) is 13.2. The van der Waals surface area contributed by atoms with Crippen LogP contribution in [0.4, 0.5) is 0 Å². The topological polar surface area (TPSA) is 35.5 Å². The largest absolute Gasteiger partial charge is 0.424 e. The molecule has 96 valence electrons. The summed E-state index contributed by atoms with van der Waals surface area (Å²) in [6.07, 6.45) is 6.78. The van der Waals surface area contributed by atoms with Crippen molar-refractivity contribution in [3.63, 3.8) is 0 Å². The summed E-state index contributed by atoms with van der Waals surface area (Å²) in [7, 11) is -3.09. The Labute approximate surface area is 108 Å². The van der Waals surface area contributed by atoms with E-state index < -0.39 is 13.2 Å². The standard InChI is InChI=1S/C14H17O3P/c1-4-5-8-11-18(15)16-13-10-7-6-9-12(13)14(2,3)17-18/h1,6-7,9-10H,5,8,11H2,2-3H3. The lowest BCUT2D eigenvalue weighted by Gasteiger charge is -2.37. The summed E-state index contributed by atoms with van der Waals surface area (Å²) < 4.78 is 23.8. The third-order valence-electron chi connectivity index (χ3n) is 2.89. The molecular weight excluding hydrogens is 247 g/mol. The van der Waals surface area contributed by atoms with Crippen LogP contribution in [-0.2, 0) is 14.7 Å². The molecule has 1 aliphatic rings. The van der Waals surface area contributed by atoms with Crippen LogP contribution < -0.4 is 4.52 Å². The molecule has 1 aromatic rings. The van der Waals surface area contributed by atoms with Crippen molar-refractivity contribution in [3.05, 3.63) is 29.8 Å². The smallest absolute Gasteiger partial charge is 0.380 e. The number of fused-ring (bicyclic) bond motifs is 1. The predicted molar refractivity (Wildman–Crippen MR) is 71.7 cm³/mol. The molecule has 1 aliphatic heterocycles. The van der Waals surface area contributed by atoms with Gasteiger partial charge < -0.3 is 4.52 Å². The molecule has 3 nitrogen and oxygen atoms in total. The number of rotatable bonds is 3. The molecule has 0 spiro atoms. The molecule has 2 rings (SSSR count). The van der Waals surface area contributed by atoms with Gasteiger partial charge in [-0.15, -0.1) is 12.3 Å². The number of terminal acetylenes is 1. The molecule has 0 saturated carbocycles. The van der Waals surface area contributed by atoms with E-state index in [0.717, 1.165) is 5.56 Å². The second-order valence-corrected chi connectivity index (χ2v) is 6.87. The molecule has 0 bridgehead atoms. The van der Waals surface area contributed by atoms with Crippen LogP contribution in [0.2, 0.25) is 0 Å². The fourth-order valence-corrected chi connectivity index (χ4v) is 4.09. The number of para-hydroxylation sites is 1. The molecule has 0 saturated heterocycles. The molecule has 1 unspecified atom stereocenters. The first-order valence-electron chi connectivity index (χ1n) is 5.99. The van der Waals surface area contributed by atoms with Crippen LogP contribution in [0.5, 0.6) is 5.75 Å². The number of unbranched alkanes of at least 4 members (excludes halogenated alkanes) is 1. The summed E-state index contributed by atoms with van der Waals surface area (Å²) in [4.78, 5) is 0. The molecule has 1 atom stereocenters. The normalized spacial score (nSPS) is 24.7. The Morgan fingerprint density at radius 1 is 1.39 bits per heavy atom. The van der Waals surface area contributed by atoms with Gasteiger partial charge in [-0.25, -0.2) is 4.57 Å². The molecular formula is C14H17O3P. The van der Waals surface area contributed by atoms with Crippen molar-refractivity contribution in [1.29, 1.82) is 0 Å². The van der Waals surface area contributed by atoms with Crippen molar-refractivity contribution in [2.75, 3.05) is 6.16 Å². The number of benzene rings is 1. The van der Waals surface area contributed by atoms with Gasteiger partial charge in [0.15, 0.2) is 0 Å². The van der Waals surface area contributed by atoms with E-state index in [1.165, 1.54) is 0 Å². The minimum atomic E-state index is -3.09. The quantitative estimate of drug-likeness (QED) is 0.471. The average Bonchev–Trinajstić information content (AvgIpc) is 2.28. The second kappa shape index (κ2) is 4.80. The fraction of sp³-hybridized carbons (Fsp3) is 0.429. The van der Waals surface area contributed by atoms with E-state index >= 15 is 0 Å². The first-order valence-corrected chi connectivity index (χ1v) is 7.72. The molecule has 1 aromatic carbocycles. The Morgan fingerprint density at radius 3 is 2.83 bits per heavy atom. The molecule has 0 aromatic heterocycles. The Balaban J connectivity index is 2.26. The van der Waals surface area contributed by atoms with Crippen LogP contribution >= 0.6 is 7.60 Å². The van der Waals surface area contributed by atoms with E-state index in [-0.39, 0.29) is 0 Å². The third-order valence-corrected chi connectivity index (χ3v) is 4.97. The van der Waals surface area contributed by atoms with Crippen molar-refractivity contribution < 1.29 is 13.6 Å². The third kappa shape index (κ3) is 2.61. The molecule has 0 amide bonds. The van der Waals surface area contributed by atoms with E-state index in [4.69, 9.17) is 15.5 Å². The molecule has 0 aliphatic carbocycles. The minimum absolute atomic E-state index is 0.356. The van der Waals surface area contributed by atoms with Crippen molar-refractivity contribution in [1.82, 2.24) is 0 Å². The zero-order valence-electron chi connectivity index (χ0n) is 10.7. The van der Waals surface area contributed by atoms with Gasteiger partial charge in [0.05, 0.1) is 6.16 Å². The maximum Gasteiger partial charge on any atom is 0.380 e. The van der Waals surface area contributed by atoms with Gasteiger partial charge in [0, 0.05) is 12.0 Å². The Morgan fingerprint density at radius 2 is 2.11 bits per heavy atom. The minimum Gasteiger partial charge on any atom is -0.424 e. The van der Waals surface area contributed by atoms with Gasteiger partial charge in [0.2, 0.25) is 0 Å². The monoisotopic (exact) mass is 264 g/mol. The highest BCUT2D eigenvalue weighted by Gasteiger charge is 2.41. The first kappa shape index (κ1) is 13.2. The number of hydrogen-bond acceptors (Lipinski definition) is 3. The summed E-state index contributed by atoms with van der Waals surface area (Å²) in [6, 6.07) is 7.54. The SMILES string of the molecule is C#CCCCP1(=O)Oc2ccccc2C(C)(C)O1. The van der Waals surface area contributed by atoms with Crippen molar-refractivity contribution in [2.45, 2.75) is 32.3 Å². The number of hydrogen-bond donors (Lipinski definition) is 0. The molecule has 0 fully saturated rings. The second-order valence-electron chi connectivity index (χ2n) is 4.83. The molecule has 0 N–H and O–H groups in total. The van der Waals surface area contributed by atoms with Crippen LogP contribution in [0, 0.1) is 12.3 Å². The highest BCUT2D eigenvalue weighted by atomic mass is 31.2. The molecule has 4 heteroatoms. The maximum atomic E-state index is 12.6. The zero-order valence-corrected chi connectivity index (χ0v) is 11.6. The highest BCUT2D eigenvalue weighted by molar-refractivity contribution is 7.54. The summed E-state index contributed by atoms with van der Waals surface area (Å²) in [5.74, 6) is 3.18. The van der Waals surface area contributed by atoms with Gasteiger partial charge in [0.1, 0.15) is 11.4 Å². The van der Waals surface area contributed by atoms with E-state index in [2.05, 4.69) is 5.92 Å². The van der Waals surface area contributed by atoms with Crippen molar-refractivity contribution >= 4 is 7.60 Å². The van der Waals surface area contributed by atoms with E-state index in [1.54, 1.807) is 0 Å². The van der Waals surface area contributed by atoms with E-state index in [1.807, 2.05) is 38.1 Å². The van der Waals surface area contributed by atoms with Crippen LogP contribution in [0.15, 0.2) is 24.3 Å². The van der Waals surface area contributed by atoms with Gasteiger partial charge in [-0.2, -0.15) is 0 Å². The van der Waals surface area contributed by atoms with Crippen LogP contribution in [0.1, 0.15) is 32.3 Å². The van der Waals surface area contributed by atoms with Gasteiger partial charge in [-0.3, -0.25) is 4.52 Å². The highest BCUT2D eigenvalue weighted by Crippen LogP contribution is 2.59. The van der Waals surface area contributed by atoms with Crippen molar-refractivity contribution in [3.8, 4) is 18.1 Å². The van der Waals surface area contributed by atoms with Gasteiger partial charge in [-0.05, 0) is 26.3 Å². The van der Waals surface area contributed by atoms with Crippen molar-refractivity contribution in [2.24, 2.45) is 0 Å². The lowest BCUT2D eigenvalue weighted by atomic mass is 9.98. The summed E-state index contributed by atoms with van der Waals surface area (Å²) in [5.41, 5.74) is 0.328. The summed E-state index contributed by atoms with van der Waals surface area (Å²) in [5, 5.41) is 0. The molecule has 0 radical (unpaired) electrons. The molecule has 1 heterocycles. The average molecular weight is 264 g/mol. The van der Waals surface area contributed by atoms with Gasteiger partial charge in [0.25, 0.3) is 0 Å². The summed E-state index contributed by atoms with van der Waals surface area (Å²) >= 11 is 0. The molecule has 18 heavy (non-hydrogen) atoms. The fourth-order valence-electron chi connectivity index (χ4n) is 2.08. The van der Waals surface area contributed by atoms with Crippen LogP contribution in [0.3, 0.4) is 0 Å². The first-order chi connectivity index (χ1) is 8.47. The predicted octanol–water partition coefficient (Wildman–Crippen LogP) is 3.94. The van der Waals surface area contributed by atoms with E-state index in [0.29, 0.717) is 24.8 Å². The van der Waals surface area contributed by atoms with Crippen LogP contribution in [-0.4, -0.2) is 6.16 Å². The van der Waals surface area contributed by atoms with Gasteiger partial charge in [-0.1, -0.05) is 18.2 Å². The maximum absolute atomic E-state index is 12.6. The van der Waals surface area contributed by atoms with Gasteiger partial charge >= 0.3 is 7.60 Å². The Kier molecular flexibility index (Phi) is 3.52. The lowest BCUT2D eigenvalue weighted by Crippen LogP contribution is -2.27. The Hall–Kier alpha value is -1.23. The van der Waals surface area contributed by atoms with Crippen LogP contribution in [0.25, 0.3) is 0 Å².